The lowest BCUT2D eigenvalue weighted by atomic mass is 10.0. The maximum atomic E-state index is 11.8. The smallest absolute Gasteiger partial charge is 0.220 e. The molecule has 2 unspecified atom stereocenters. The van der Waals surface area contributed by atoms with Gasteiger partial charge in [0.15, 0.2) is 0 Å². The molecule has 2 fully saturated rings. The zero-order valence-electron chi connectivity index (χ0n) is 16.4. The minimum atomic E-state index is -2.55. The summed E-state index contributed by atoms with van der Waals surface area (Å²) < 4.78 is 27.8. The van der Waals surface area contributed by atoms with Gasteiger partial charge < -0.3 is 14.4 Å². The highest BCUT2D eigenvalue weighted by Crippen LogP contribution is 2.51. The van der Waals surface area contributed by atoms with Gasteiger partial charge in [-0.3, -0.25) is 13.9 Å². The van der Waals surface area contributed by atoms with E-state index in [1.807, 2.05) is 32.0 Å². The minimum absolute atomic E-state index is 0.0285. The van der Waals surface area contributed by atoms with E-state index in [4.69, 9.17) is 9.51 Å². The molecule has 2 aliphatic rings. The number of hydrogen-bond donors (Lipinski definition) is 3. The number of nitrogens with one attached hydrogen (secondary N) is 1. The summed E-state index contributed by atoms with van der Waals surface area (Å²) in [5.41, 5.74) is 4.54. The van der Waals surface area contributed by atoms with Gasteiger partial charge in [0.05, 0.1) is 34.6 Å². The fourth-order valence-electron chi connectivity index (χ4n) is 4.61. The quantitative estimate of drug-likeness (QED) is 0.596. The molecular weight excluding hydrogens is 392 g/mol. The second kappa shape index (κ2) is 6.58. The van der Waals surface area contributed by atoms with Gasteiger partial charge in [-0.2, -0.15) is 10.6 Å². The second-order valence-electron chi connectivity index (χ2n) is 8.02. The van der Waals surface area contributed by atoms with E-state index < -0.39 is 10.6 Å². The Balaban J connectivity index is 1.65. The van der Waals surface area contributed by atoms with Crippen LogP contribution in [0.2, 0.25) is 0 Å². The summed E-state index contributed by atoms with van der Waals surface area (Å²) in [6.45, 7) is 3.80. The first-order valence-electron chi connectivity index (χ1n) is 9.80. The summed E-state index contributed by atoms with van der Waals surface area (Å²) in [5, 5.41) is 7.06. The number of hydrogen-bond acceptors (Lipinski definition) is 6. The number of benzene rings is 1. The molecule has 3 aromatic rings. The van der Waals surface area contributed by atoms with Gasteiger partial charge in [-0.25, -0.2) is 4.98 Å². The molecule has 0 bridgehead atoms. The standard InChI is InChI=1S/C20H24N4O4S/c1-11-19(12(2)28-23-11)13-3-5-17-16(9-13)22-20(15-4-6-18(25)21-15)24(17)14-7-8-29(26,27)10-14/h3,5,9,14-15,26-27H,4,6-8,10H2,1-2H3,(H,21,25). The third kappa shape index (κ3) is 3.13. The van der Waals surface area contributed by atoms with Crippen LogP contribution >= 0.6 is 10.6 Å². The van der Waals surface area contributed by atoms with Crippen molar-refractivity contribution >= 4 is 27.5 Å². The lowest BCUT2D eigenvalue weighted by molar-refractivity contribution is -0.119. The fourth-order valence-corrected chi connectivity index (χ4v) is 6.36. The number of aromatic nitrogens is 3. The monoisotopic (exact) mass is 416 g/mol. The molecule has 0 radical (unpaired) electrons. The van der Waals surface area contributed by atoms with Gasteiger partial charge in [0.2, 0.25) is 5.91 Å². The van der Waals surface area contributed by atoms with Crippen LogP contribution in [0.1, 0.15) is 48.6 Å². The Kier molecular flexibility index (Phi) is 4.23. The Morgan fingerprint density at radius 3 is 2.72 bits per heavy atom. The molecule has 0 spiro atoms. The van der Waals surface area contributed by atoms with E-state index >= 15 is 0 Å². The zero-order valence-corrected chi connectivity index (χ0v) is 17.2. The summed E-state index contributed by atoms with van der Waals surface area (Å²) in [5.74, 6) is 2.32. The molecule has 2 aromatic heterocycles. The second-order valence-corrected chi connectivity index (χ2v) is 10.4. The normalized spacial score (nSPS) is 24.9. The van der Waals surface area contributed by atoms with Crippen LogP contribution in [-0.4, -0.2) is 41.2 Å². The third-order valence-electron chi connectivity index (χ3n) is 5.95. The summed E-state index contributed by atoms with van der Waals surface area (Å²) in [4.78, 5) is 16.7. The van der Waals surface area contributed by atoms with Crippen LogP contribution < -0.4 is 5.32 Å². The average molecular weight is 417 g/mol. The van der Waals surface area contributed by atoms with Crippen molar-refractivity contribution in [1.82, 2.24) is 20.0 Å². The number of carbonyl (C=O) groups is 1. The predicted octanol–water partition coefficient (Wildman–Crippen LogP) is 3.95. The molecule has 1 aromatic carbocycles. The van der Waals surface area contributed by atoms with Crippen molar-refractivity contribution in [2.75, 3.05) is 11.5 Å². The highest BCUT2D eigenvalue weighted by atomic mass is 32.3. The van der Waals surface area contributed by atoms with Crippen molar-refractivity contribution < 1.29 is 18.4 Å². The molecule has 8 nitrogen and oxygen atoms in total. The molecule has 154 valence electrons. The predicted molar refractivity (Wildman–Crippen MR) is 111 cm³/mol. The number of fused-ring (bicyclic) bond motifs is 1. The SMILES string of the molecule is Cc1noc(C)c1-c1ccc2c(c1)nc(C1CCC(=O)N1)n2C1CCS(O)(O)C1. The Hall–Kier alpha value is -2.36. The van der Waals surface area contributed by atoms with E-state index in [-0.39, 0.29) is 18.0 Å². The van der Waals surface area contributed by atoms with E-state index in [1.54, 1.807) is 0 Å². The van der Waals surface area contributed by atoms with Crippen molar-refractivity contribution in [3.8, 4) is 11.1 Å². The summed E-state index contributed by atoms with van der Waals surface area (Å²) in [6.07, 6.45) is 1.87. The molecule has 2 saturated heterocycles. The van der Waals surface area contributed by atoms with Crippen molar-refractivity contribution in [3.05, 3.63) is 35.5 Å². The van der Waals surface area contributed by atoms with E-state index in [9.17, 15) is 13.9 Å². The number of rotatable bonds is 3. The van der Waals surface area contributed by atoms with Gasteiger partial charge in [-0.1, -0.05) is 11.2 Å². The minimum Gasteiger partial charge on any atom is -0.361 e. The van der Waals surface area contributed by atoms with Gasteiger partial charge in [0, 0.05) is 17.7 Å². The van der Waals surface area contributed by atoms with Crippen LogP contribution in [0.5, 0.6) is 0 Å². The average Bonchev–Trinajstić information content (AvgIpc) is 3.41. The molecule has 0 saturated carbocycles. The van der Waals surface area contributed by atoms with Crippen molar-refractivity contribution in [3.63, 3.8) is 0 Å². The molecule has 5 rings (SSSR count). The first-order valence-corrected chi connectivity index (χ1v) is 11.7. The molecule has 3 N–H and O–H groups in total. The first kappa shape index (κ1) is 18.7. The van der Waals surface area contributed by atoms with E-state index in [1.165, 1.54) is 0 Å². The number of aryl methyl sites for hydroxylation is 2. The first-order chi connectivity index (χ1) is 13.8. The maximum absolute atomic E-state index is 11.8. The Labute approximate surface area is 169 Å². The summed E-state index contributed by atoms with van der Waals surface area (Å²) in [6, 6.07) is 5.87. The molecule has 0 aliphatic carbocycles. The van der Waals surface area contributed by atoms with Gasteiger partial charge in [0.25, 0.3) is 0 Å². The molecule has 29 heavy (non-hydrogen) atoms. The highest BCUT2D eigenvalue weighted by Gasteiger charge is 2.35. The largest absolute Gasteiger partial charge is 0.361 e. The molecule has 1 amide bonds. The molecule has 2 aliphatic heterocycles. The van der Waals surface area contributed by atoms with Gasteiger partial charge in [0.1, 0.15) is 11.6 Å². The van der Waals surface area contributed by atoms with Gasteiger partial charge >= 0.3 is 0 Å². The van der Waals surface area contributed by atoms with Crippen LogP contribution in [0.4, 0.5) is 0 Å². The van der Waals surface area contributed by atoms with Gasteiger partial charge in [-0.05, 0) is 44.4 Å². The van der Waals surface area contributed by atoms with Crippen LogP contribution in [0.15, 0.2) is 22.7 Å². The van der Waals surface area contributed by atoms with Crippen LogP contribution in [0.25, 0.3) is 22.2 Å². The zero-order chi connectivity index (χ0) is 20.3. The molecule has 4 heterocycles. The van der Waals surface area contributed by atoms with Crippen molar-refractivity contribution in [2.45, 2.75) is 45.2 Å². The lowest BCUT2D eigenvalue weighted by Crippen LogP contribution is -2.23. The molecule has 2 atom stereocenters. The summed E-state index contributed by atoms with van der Waals surface area (Å²) >= 11 is 0. The molecular formula is C20H24N4O4S. The number of carbonyl (C=O) groups excluding carboxylic acids is 1. The number of nitrogens with zero attached hydrogens (tertiary/aromatic N) is 3. The topological polar surface area (TPSA) is 113 Å². The maximum Gasteiger partial charge on any atom is 0.220 e. The van der Waals surface area contributed by atoms with Crippen LogP contribution in [-0.2, 0) is 4.79 Å². The van der Waals surface area contributed by atoms with E-state index in [0.29, 0.717) is 30.8 Å². The van der Waals surface area contributed by atoms with E-state index in [2.05, 4.69) is 15.0 Å². The van der Waals surface area contributed by atoms with Crippen LogP contribution in [0, 0.1) is 13.8 Å². The number of amides is 1. The lowest BCUT2D eigenvalue weighted by Gasteiger charge is -2.27. The van der Waals surface area contributed by atoms with E-state index in [0.717, 1.165) is 39.4 Å². The van der Waals surface area contributed by atoms with Gasteiger partial charge in [-0.15, -0.1) is 0 Å². The third-order valence-corrected chi connectivity index (χ3v) is 7.76. The molecule has 9 heteroatoms. The fraction of sp³-hybridized carbons (Fsp3) is 0.450. The Morgan fingerprint density at radius 2 is 2.10 bits per heavy atom. The van der Waals surface area contributed by atoms with Crippen molar-refractivity contribution in [2.24, 2.45) is 0 Å². The highest BCUT2D eigenvalue weighted by molar-refractivity contribution is 8.24. The Bertz CT molecular complexity index is 1100. The van der Waals surface area contributed by atoms with Crippen molar-refractivity contribution in [1.29, 1.82) is 0 Å². The summed E-state index contributed by atoms with van der Waals surface area (Å²) in [7, 11) is -2.55. The Morgan fingerprint density at radius 1 is 1.28 bits per heavy atom. The number of imidazole rings is 1. The van der Waals surface area contributed by atoms with Crippen LogP contribution in [0.3, 0.4) is 0 Å².